The van der Waals surface area contributed by atoms with Crippen LogP contribution in [0.15, 0.2) is 71.6 Å². The summed E-state index contributed by atoms with van der Waals surface area (Å²) in [5, 5.41) is 8.58. The minimum absolute atomic E-state index is 0.0718. The van der Waals surface area contributed by atoms with Crippen molar-refractivity contribution in [2.24, 2.45) is 0 Å². The van der Waals surface area contributed by atoms with E-state index < -0.39 is 10.0 Å². The van der Waals surface area contributed by atoms with Crippen molar-refractivity contribution in [2.45, 2.75) is 11.8 Å². The van der Waals surface area contributed by atoms with Crippen LogP contribution in [0.3, 0.4) is 0 Å². The highest BCUT2D eigenvalue weighted by atomic mass is 35.5. The van der Waals surface area contributed by atoms with Crippen LogP contribution in [-0.4, -0.2) is 41.7 Å². The summed E-state index contributed by atoms with van der Waals surface area (Å²) in [5.74, 6) is 0.825. The van der Waals surface area contributed by atoms with Gasteiger partial charge in [-0.15, -0.1) is 5.10 Å². The quantitative estimate of drug-likeness (QED) is 0.303. The Morgan fingerprint density at radius 1 is 1.03 bits per heavy atom. The molecule has 1 N–H and O–H groups in total. The second-order valence-electron chi connectivity index (χ2n) is 7.51. The Morgan fingerprint density at radius 2 is 1.81 bits per heavy atom. The second-order valence-corrected chi connectivity index (χ2v) is 9.59. The summed E-state index contributed by atoms with van der Waals surface area (Å²) in [5.41, 5.74) is 2.15. The molecule has 0 aliphatic rings. The predicted molar refractivity (Wildman–Crippen MR) is 135 cm³/mol. The Hall–Kier alpha value is -4.09. The molecule has 12 heteroatoms. The smallest absolute Gasteiger partial charge is 0.322 e. The maximum Gasteiger partial charge on any atom is 0.322 e. The number of methoxy groups -OCH3 is 1. The zero-order valence-electron chi connectivity index (χ0n) is 19.2. The lowest BCUT2D eigenvalue weighted by Crippen LogP contribution is -2.14. The Bertz CT molecular complexity index is 1670. The Kier molecular flexibility index (Phi) is 6.25. The molecule has 36 heavy (non-hydrogen) atoms. The highest BCUT2D eigenvalue weighted by Crippen LogP contribution is 2.32. The van der Waals surface area contributed by atoms with E-state index in [1.807, 2.05) is 31.2 Å². The molecular weight excluding hydrogens is 506 g/mol. The van der Waals surface area contributed by atoms with Crippen LogP contribution in [0, 0.1) is 0 Å². The van der Waals surface area contributed by atoms with Crippen LogP contribution in [0.5, 0.6) is 23.4 Å². The number of ether oxygens (including phenoxy) is 3. The molecule has 2 aromatic heterocycles. The molecule has 0 amide bonds. The summed E-state index contributed by atoms with van der Waals surface area (Å²) < 4.78 is 46.9. The number of nitrogens with zero attached hydrogens (tertiary/aromatic N) is 4. The maximum atomic E-state index is 12.9. The molecule has 10 nitrogen and oxygen atoms in total. The summed E-state index contributed by atoms with van der Waals surface area (Å²) in [6.45, 7) is 2.28. The number of anilines is 1. The maximum absolute atomic E-state index is 12.9. The fraction of sp³-hybridized carbons (Fsp3) is 0.125. The Balaban J connectivity index is 1.44. The lowest BCUT2D eigenvalue weighted by Gasteiger charge is -2.13. The van der Waals surface area contributed by atoms with E-state index in [1.54, 1.807) is 34.7 Å². The monoisotopic (exact) mass is 525 g/mol. The standard InChI is InChI=1S/C24H20ClN5O5S/c1-3-34-24-28-27-22-23(26-18-6-4-5-7-19(18)30(22)24)35-17-11-9-16(10-12-17)29-36(31,32)21-14-15(25)8-13-20(21)33-2/h4-14,29H,3H2,1-2H3. The van der Waals surface area contributed by atoms with Crippen LogP contribution in [0.4, 0.5) is 5.69 Å². The fourth-order valence-electron chi connectivity index (χ4n) is 3.60. The van der Waals surface area contributed by atoms with Crippen molar-refractivity contribution in [1.29, 1.82) is 0 Å². The summed E-state index contributed by atoms with van der Waals surface area (Å²) in [6, 6.07) is 18.5. The molecule has 0 unspecified atom stereocenters. The zero-order chi connectivity index (χ0) is 25.3. The van der Waals surface area contributed by atoms with Crippen LogP contribution < -0.4 is 18.9 Å². The van der Waals surface area contributed by atoms with Gasteiger partial charge in [0.1, 0.15) is 16.4 Å². The SMILES string of the molecule is CCOc1nnc2c(Oc3ccc(NS(=O)(=O)c4cc(Cl)ccc4OC)cc3)nc3ccccc3n12. The predicted octanol–water partition coefficient (Wildman–Crippen LogP) is 4.93. The van der Waals surface area contributed by atoms with Gasteiger partial charge in [-0.2, -0.15) is 0 Å². The first kappa shape index (κ1) is 23.6. The molecule has 5 rings (SSSR count). The number of aromatic nitrogens is 4. The number of nitrogens with one attached hydrogen (secondary N) is 1. The topological polar surface area (TPSA) is 117 Å². The Morgan fingerprint density at radius 3 is 2.56 bits per heavy atom. The van der Waals surface area contributed by atoms with Crippen molar-refractivity contribution in [1.82, 2.24) is 19.6 Å². The van der Waals surface area contributed by atoms with Gasteiger partial charge in [-0.1, -0.05) is 28.8 Å². The van der Waals surface area contributed by atoms with Crippen molar-refractivity contribution in [2.75, 3.05) is 18.4 Å². The van der Waals surface area contributed by atoms with Crippen LogP contribution >= 0.6 is 11.6 Å². The molecule has 0 fully saturated rings. The number of fused-ring (bicyclic) bond motifs is 3. The molecule has 0 bridgehead atoms. The van der Waals surface area contributed by atoms with Crippen LogP contribution in [-0.2, 0) is 10.0 Å². The number of hydrogen-bond donors (Lipinski definition) is 1. The molecule has 0 aliphatic carbocycles. The lowest BCUT2D eigenvalue weighted by atomic mass is 10.3. The third-order valence-corrected chi connectivity index (χ3v) is 6.82. The van der Waals surface area contributed by atoms with E-state index in [0.29, 0.717) is 35.2 Å². The summed E-state index contributed by atoms with van der Waals surface area (Å²) >= 11 is 5.99. The summed E-state index contributed by atoms with van der Waals surface area (Å²) in [7, 11) is -2.57. The molecule has 0 saturated carbocycles. The number of rotatable bonds is 8. The summed E-state index contributed by atoms with van der Waals surface area (Å²) in [4.78, 5) is 4.51. The zero-order valence-corrected chi connectivity index (χ0v) is 20.7. The van der Waals surface area contributed by atoms with Gasteiger partial charge in [-0.05, 0) is 61.5 Å². The van der Waals surface area contributed by atoms with Gasteiger partial charge in [0.25, 0.3) is 15.9 Å². The molecule has 5 aromatic rings. The van der Waals surface area contributed by atoms with Crippen molar-refractivity contribution < 1.29 is 22.6 Å². The van der Waals surface area contributed by atoms with E-state index in [4.69, 9.17) is 25.8 Å². The number of para-hydroxylation sites is 2. The molecule has 0 spiro atoms. The lowest BCUT2D eigenvalue weighted by molar-refractivity contribution is 0.310. The first-order valence-corrected chi connectivity index (χ1v) is 12.7. The average Bonchev–Trinajstić information content (AvgIpc) is 3.30. The fourth-order valence-corrected chi connectivity index (χ4v) is 5.09. The van der Waals surface area contributed by atoms with Crippen molar-refractivity contribution in [3.05, 3.63) is 71.8 Å². The van der Waals surface area contributed by atoms with Gasteiger partial charge in [0.2, 0.25) is 5.65 Å². The van der Waals surface area contributed by atoms with Gasteiger partial charge in [-0.3, -0.25) is 4.72 Å². The number of benzene rings is 3. The highest BCUT2D eigenvalue weighted by molar-refractivity contribution is 7.92. The van der Waals surface area contributed by atoms with Gasteiger partial charge in [0.05, 0.1) is 24.8 Å². The second kappa shape index (κ2) is 9.51. The van der Waals surface area contributed by atoms with Gasteiger partial charge >= 0.3 is 6.01 Å². The van der Waals surface area contributed by atoms with E-state index >= 15 is 0 Å². The van der Waals surface area contributed by atoms with Crippen LogP contribution in [0.1, 0.15) is 6.92 Å². The number of halogens is 1. The highest BCUT2D eigenvalue weighted by Gasteiger charge is 2.21. The third-order valence-electron chi connectivity index (χ3n) is 5.18. The molecule has 2 heterocycles. The molecule has 184 valence electrons. The third kappa shape index (κ3) is 4.45. The van der Waals surface area contributed by atoms with Gasteiger partial charge in [0.15, 0.2) is 0 Å². The molecule has 0 saturated heterocycles. The Labute approximate surface area is 211 Å². The first-order valence-electron chi connectivity index (χ1n) is 10.8. The van der Waals surface area contributed by atoms with Crippen molar-refractivity contribution >= 4 is 44.0 Å². The molecule has 0 radical (unpaired) electrons. The van der Waals surface area contributed by atoms with E-state index in [-0.39, 0.29) is 21.5 Å². The van der Waals surface area contributed by atoms with Crippen molar-refractivity contribution in [3.8, 4) is 23.4 Å². The van der Waals surface area contributed by atoms with E-state index in [0.717, 1.165) is 5.52 Å². The number of hydrogen-bond acceptors (Lipinski definition) is 8. The number of sulfonamides is 1. The first-order chi connectivity index (χ1) is 17.4. The van der Waals surface area contributed by atoms with E-state index in [1.165, 1.54) is 19.2 Å². The van der Waals surface area contributed by atoms with Crippen LogP contribution in [0.2, 0.25) is 5.02 Å². The molecule has 3 aromatic carbocycles. The largest absolute Gasteiger partial charge is 0.495 e. The van der Waals surface area contributed by atoms with Crippen LogP contribution in [0.25, 0.3) is 16.7 Å². The normalized spacial score (nSPS) is 11.5. The molecule has 0 aliphatic heterocycles. The van der Waals surface area contributed by atoms with Gasteiger partial charge in [-0.25, -0.2) is 17.8 Å². The average molecular weight is 526 g/mol. The minimum Gasteiger partial charge on any atom is -0.495 e. The van der Waals surface area contributed by atoms with Gasteiger partial charge in [0, 0.05) is 10.7 Å². The van der Waals surface area contributed by atoms with Crippen molar-refractivity contribution in [3.63, 3.8) is 0 Å². The summed E-state index contributed by atoms with van der Waals surface area (Å²) in [6.07, 6.45) is 0. The van der Waals surface area contributed by atoms with E-state index in [9.17, 15) is 8.42 Å². The van der Waals surface area contributed by atoms with E-state index in [2.05, 4.69) is 19.9 Å². The minimum atomic E-state index is -3.95. The van der Waals surface area contributed by atoms with Gasteiger partial charge < -0.3 is 14.2 Å². The molecular formula is C24H20ClN5O5S. The molecule has 0 atom stereocenters.